The zero-order valence-electron chi connectivity index (χ0n) is 23.6. The van der Waals surface area contributed by atoms with Crippen LogP contribution in [0, 0.1) is 22.7 Å². The number of nitrogens with zero attached hydrogens (tertiary/aromatic N) is 6. The van der Waals surface area contributed by atoms with Gasteiger partial charge in [-0.15, -0.1) is 0 Å². The van der Waals surface area contributed by atoms with Crippen molar-refractivity contribution in [3.63, 3.8) is 0 Å². The molecule has 0 radical (unpaired) electrons. The molecule has 10 nitrogen and oxygen atoms in total. The molecular weight excluding hydrogens is 537 g/mol. The number of benzene rings is 1. The lowest BCUT2D eigenvalue weighted by atomic mass is 9.69. The number of nitrogens with two attached hydrogens (primary N) is 1. The summed E-state index contributed by atoms with van der Waals surface area (Å²) in [7, 11) is 0. The zero-order valence-corrected chi connectivity index (χ0v) is 23.6. The van der Waals surface area contributed by atoms with Crippen LogP contribution in [0.2, 0.25) is 0 Å². The summed E-state index contributed by atoms with van der Waals surface area (Å²) in [6.07, 6.45) is 5.04. The first-order valence-electron chi connectivity index (χ1n) is 14.7. The van der Waals surface area contributed by atoms with Crippen LogP contribution in [-0.2, 0) is 23.4 Å². The summed E-state index contributed by atoms with van der Waals surface area (Å²) in [6, 6.07) is 7.88. The van der Waals surface area contributed by atoms with Crippen molar-refractivity contribution in [1.82, 2.24) is 14.9 Å². The standard InChI is InChI=1S/C31H34FN7O3/c1-18-5-7-31(27-22(18)3-4-25(35)23(27)13-34)11-26-24(16-42-31)28(39-15-21(40)9-20(39)12-33)37-29(36-26)41-17-30-6-2-8-38(30)14-19(32)10-30/h3-4,15,18-20,40H,2,5-11,14,16-17,35H2,1H3/t18-,19+,20-,30-,31-/m0/s1. The summed E-state index contributed by atoms with van der Waals surface area (Å²) in [5.41, 5.74) is 9.28. The van der Waals surface area contributed by atoms with Crippen LogP contribution in [0.5, 0.6) is 6.01 Å². The van der Waals surface area contributed by atoms with Crippen molar-refractivity contribution in [2.45, 2.75) is 87.7 Å². The molecule has 7 rings (SSSR count). The molecule has 3 N–H and O–H groups in total. The van der Waals surface area contributed by atoms with Crippen molar-refractivity contribution in [2.24, 2.45) is 0 Å². The number of ether oxygens (including phenoxy) is 2. The molecule has 1 aromatic heterocycles. The van der Waals surface area contributed by atoms with E-state index >= 15 is 0 Å². The van der Waals surface area contributed by atoms with Gasteiger partial charge >= 0.3 is 6.01 Å². The normalized spacial score (nSPS) is 31.7. The van der Waals surface area contributed by atoms with E-state index in [2.05, 4.69) is 24.0 Å². The third-order valence-corrected chi connectivity index (χ3v) is 10.00. The van der Waals surface area contributed by atoms with Crippen LogP contribution < -0.4 is 15.4 Å². The maximum Gasteiger partial charge on any atom is 0.318 e. The lowest BCUT2D eigenvalue weighted by Crippen LogP contribution is -2.44. The quantitative estimate of drug-likeness (QED) is 0.511. The highest BCUT2D eigenvalue weighted by molar-refractivity contribution is 5.64. The zero-order chi connectivity index (χ0) is 29.2. The van der Waals surface area contributed by atoms with Crippen LogP contribution in [0.15, 0.2) is 24.1 Å². The SMILES string of the molecule is C[C@H]1CC[C@]2(Cc3nc(OC[C@@]45CCCN4C[C@H](F)C5)nc(N4C=C(O)C[C@H]4C#N)c3CO2)c2c1ccc(N)c2C#N. The maximum absolute atomic E-state index is 14.4. The van der Waals surface area contributed by atoms with Gasteiger partial charge in [0.1, 0.15) is 42.1 Å². The number of fused-ring (bicyclic) bond motifs is 4. The van der Waals surface area contributed by atoms with Gasteiger partial charge < -0.3 is 25.2 Å². The molecule has 218 valence electrons. The highest BCUT2D eigenvalue weighted by Crippen LogP contribution is 2.51. The van der Waals surface area contributed by atoms with Gasteiger partial charge in [0.15, 0.2) is 0 Å². The summed E-state index contributed by atoms with van der Waals surface area (Å²) >= 11 is 0. The number of rotatable bonds is 4. The predicted molar refractivity (Wildman–Crippen MR) is 151 cm³/mol. The van der Waals surface area contributed by atoms with Gasteiger partial charge in [-0.3, -0.25) is 4.90 Å². The Balaban J connectivity index is 1.31. The van der Waals surface area contributed by atoms with Gasteiger partial charge in [0.25, 0.3) is 0 Å². The van der Waals surface area contributed by atoms with Crippen molar-refractivity contribution in [3.8, 4) is 18.1 Å². The van der Waals surface area contributed by atoms with E-state index in [1.807, 2.05) is 6.07 Å². The summed E-state index contributed by atoms with van der Waals surface area (Å²) in [5.74, 6) is 0.791. The smallest absolute Gasteiger partial charge is 0.318 e. The fourth-order valence-corrected chi connectivity index (χ4v) is 7.87. The van der Waals surface area contributed by atoms with E-state index in [9.17, 15) is 20.0 Å². The van der Waals surface area contributed by atoms with Crippen molar-refractivity contribution in [2.75, 3.05) is 30.3 Å². The summed E-state index contributed by atoms with van der Waals surface area (Å²) in [5, 5.41) is 30.3. The number of aromatic nitrogens is 2. The van der Waals surface area contributed by atoms with E-state index in [-0.39, 0.29) is 42.9 Å². The van der Waals surface area contributed by atoms with E-state index in [4.69, 9.17) is 25.2 Å². The molecule has 0 unspecified atom stereocenters. The van der Waals surface area contributed by atoms with E-state index in [0.717, 1.165) is 36.9 Å². The molecule has 2 aromatic rings. The van der Waals surface area contributed by atoms with Crippen molar-refractivity contribution in [3.05, 3.63) is 52.0 Å². The Bertz CT molecular complexity index is 1570. The molecule has 42 heavy (non-hydrogen) atoms. The molecule has 1 aliphatic carbocycles. The molecule has 5 aliphatic rings. The number of hydrogen-bond donors (Lipinski definition) is 2. The Kier molecular flexibility index (Phi) is 6.30. The molecule has 2 saturated heterocycles. The minimum atomic E-state index is -0.879. The maximum atomic E-state index is 14.4. The van der Waals surface area contributed by atoms with E-state index in [0.29, 0.717) is 54.1 Å². The Morgan fingerprint density at radius 2 is 2.14 bits per heavy atom. The monoisotopic (exact) mass is 571 g/mol. The third kappa shape index (κ3) is 4.10. The minimum absolute atomic E-state index is 0.0920. The molecule has 2 fully saturated rings. The highest BCUT2D eigenvalue weighted by atomic mass is 19.1. The molecule has 1 aromatic carbocycles. The Labute approximate surface area is 244 Å². The first kappa shape index (κ1) is 26.9. The molecule has 11 heteroatoms. The number of halogens is 1. The second-order valence-electron chi connectivity index (χ2n) is 12.5. The Morgan fingerprint density at radius 3 is 2.95 bits per heavy atom. The molecular formula is C31H34FN7O3. The number of anilines is 2. The van der Waals surface area contributed by atoms with Crippen molar-refractivity contribution in [1.29, 1.82) is 10.5 Å². The molecule has 0 bridgehead atoms. The Morgan fingerprint density at radius 1 is 1.29 bits per heavy atom. The van der Waals surface area contributed by atoms with Crippen LogP contribution in [0.3, 0.4) is 0 Å². The summed E-state index contributed by atoms with van der Waals surface area (Å²) < 4.78 is 27.4. The molecule has 1 spiro atoms. The van der Waals surface area contributed by atoms with Crippen LogP contribution >= 0.6 is 0 Å². The molecule has 5 heterocycles. The van der Waals surface area contributed by atoms with Crippen molar-refractivity contribution >= 4 is 11.5 Å². The number of nitrogen functional groups attached to an aromatic ring is 1. The van der Waals surface area contributed by atoms with E-state index in [1.165, 1.54) is 6.20 Å². The van der Waals surface area contributed by atoms with E-state index < -0.39 is 17.8 Å². The highest BCUT2D eigenvalue weighted by Gasteiger charge is 2.50. The molecule has 0 saturated carbocycles. The van der Waals surface area contributed by atoms with Gasteiger partial charge in [-0.25, -0.2) is 4.39 Å². The van der Waals surface area contributed by atoms with Crippen molar-refractivity contribution < 1.29 is 19.0 Å². The second-order valence-corrected chi connectivity index (χ2v) is 12.5. The number of aliphatic hydroxyl groups is 1. The lowest BCUT2D eigenvalue weighted by molar-refractivity contribution is -0.0873. The summed E-state index contributed by atoms with van der Waals surface area (Å²) in [4.78, 5) is 13.5. The Hall–Kier alpha value is -3.93. The first-order valence-corrected chi connectivity index (χ1v) is 14.7. The average molecular weight is 572 g/mol. The predicted octanol–water partition coefficient (Wildman–Crippen LogP) is 4.25. The average Bonchev–Trinajstić information content (AvgIpc) is 3.64. The number of alkyl halides is 1. The minimum Gasteiger partial charge on any atom is -0.511 e. The topological polar surface area (TPSA) is 145 Å². The molecule has 0 amide bonds. The third-order valence-electron chi connectivity index (χ3n) is 10.00. The van der Waals surface area contributed by atoms with Crippen LogP contribution in [0.25, 0.3) is 0 Å². The fourth-order valence-electron chi connectivity index (χ4n) is 7.87. The van der Waals surface area contributed by atoms with Gasteiger partial charge in [-0.1, -0.05) is 13.0 Å². The van der Waals surface area contributed by atoms with Gasteiger partial charge in [0.05, 0.1) is 29.5 Å². The fraction of sp³-hybridized carbons (Fsp3) is 0.548. The van der Waals surface area contributed by atoms with Crippen LogP contribution in [-0.4, -0.2) is 57.4 Å². The first-order chi connectivity index (χ1) is 20.3. The molecule has 4 aliphatic heterocycles. The molecule has 5 atom stereocenters. The second kappa shape index (κ2) is 9.82. The van der Waals surface area contributed by atoms with Crippen LogP contribution in [0.1, 0.15) is 79.3 Å². The van der Waals surface area contributed by atoms with Crippen LogP contribution in [0.4, 0.5) is 15.9 Å². The van der Waals surface area contributed by atoms with Gasteiger partial charge in [0.2, 0.25) is 0 Å². The summed E-state index contributed by atoms with van der Waals surface area (Å²) in [6.45, 7) is 3.85. The number of hydrogen-bond acceptors (Lipinski definition) is 10. The van der Waals surface area contributed by atoms with E-state index in [1.54, 1.807) is 11.0 Å². The largest absolute Gasteiger partial charge is 0.511 e. The number of aliphatic hydroxyl groups excluding tert-OH is 1. The van der Waals surface area contributed by atoms with Gasteiger partial charge in [0, 0.05) is 48.8 Å². The number of nitriles is 2. The lowest BCUT2D eigenvalue weighted by Gasteiger charge is -2.45. The van der Waals surface area contributed by atoms with Gasteiger partial charge in [-0.2, -0.15) is 20.5 Å². The van der Waals surface area contributed by atoms with Gasteiger partial charge in [-0.05, 0) is 49.8 Å².